The van der Waals surface area contributed by atoms with Gasteiger partial charge < -0.3 is 10.4 Å². The molecule has 0 saturated heterocycles. The molecular formula is C16H29N3O2. The van der Waals surface area contributed by atoms with Gasteiger partial charge in [-0.15, -0.1) is 0 Å². The molecule has 0 aromatic carbocycles. The molecule has 0 fully saturated rings. The van der Waals surface area contributed by atoms with Crippen LogP contribution >= 0.6 is 0 Å². The van der Waals surface area contributed by atoms with E-state index in [2.05, 4.69) is 24.3 Å². The molecule has 2 atom stereocenters. The molecule has 2 N–H and O–H groups in total. The number of carbonyl (C=O) groups is 1. The monoisotopic (exact) mass is 295 g/mol. The van der Waals surface area contributed by atoms with E-state index in [9.17, 15) is 9.90 Å². The van der Waals surface area contributed by atoms with E-state index in [1.807, 2.05) is 31.5 Å². The van der Waals surface area contributed by atoms with E-state index < -0.39 is 6.10 Å². The smallest absolute Gasteiger partial charge is 0.271 e. The van der Waals surface area contributed by atoms with Crippen LogP contribution in [0.5, 0.6) is 0 Å². The van der Waals surface area contributed by atoms with Gasteiger partial charge in [-0.2, -0.15) is 5.10 Å². The van der Waals surface area contributed by atoms with E-state index in [0.717, 1.165) is 25.0 Å². The first-order valence-electron chi connectivity index (χ1n) is 7.96. The molecule has 0 saturated carbocycles. The molecule has 2 unspecified atom stereocenters. The van der Waals surface area contributed by atoms with Gasteiger partial charge in [0.15, 0.2) is 0 Å². The fourth-order valence-corrected chi connectivity index (χ4v) is 2.36. The number of aromatic nitrogens is 2. The van der Waals surface area contributed by atoms with Crippen LogP contribution in [0.15, 0.2) is 6.07 Å². The Hall–Kier alpha value is -1.36. The molecular weight excluding hydrogens is 266 g/mol. The number of nitrogens with zero attached hydrogens (tertiary/aromatic N) is 2. The van der Waals surface area contributed by atoms with Crippen molar-refractivity contribution in [2.24, 2.45) is 5.92 Å². The standard InChI is InChI=1S/C16H29N3O2/c1-6-11(4)15(20)10-17-16(21)14-9-12(5)19(18-14)13(7-2)8-3/h9,11,13,15,20H,6-8,10H2,1-5H3,(H,17,21). The maximum Gasteiger partial charge on any atom is 0.271 e. The van der Waals surface area contributed by atoms with E-state index in [-0.39, 0.29) is 18.4 Å². The first kappa shape index (κ1) is 17.7. The van der Waals surface area contributed by atoms with E-state index in [4.69, 9.17) is 0 Å². The Bertz CT molecular complexity index is 452. The lowest BCUT2D eigenvalue weighted by molar-refractivity contribution is 0.0845. The number of hydrogen-bond donors (Lipinski definition) is 2. The minimum atomic E-state index is -0.513. The average molecular weight is 295 g/mol. The number of hydrogen-bond acceptors (Lipinski definition) is 3. The zero-order chi connectivity index (χ0) is 16.0. The Morgan fingerprint density at radius 3 is 2.48 bits per heavy atom. The van der Waals surface area contributed by atoms with E-state index in [1.54, 1.807) is 0 Å². The second kappa shape index (κ2) is 8.17. The van der Waals surface area contributed by atoms with Crippen LogP contribution in [0, 0.1) is 12.8 Å². The Labute approximate surface area is 127 Å². The molecule has 0 radical (unpaired) electrons. The van der Waals surface area contributed by atoms with Crippen molar-refractivity contribution in [2.45, 2.75) is 66.0 Å². The number of aliphatic hydroxyl groups excluding tert-OH is 1. The number of amides is 1. The van der Waals surface area contributed by atoms with Crippen LogP contribution in [0.4, 0.5) is 0 Å². The lowest BCUT2D eigenvalue weighted by Gasteiger charge is -2.17. The van der Waals surface area contributed by atoms with Crippen LogP contribution in [0.2, 0.25) is 0 Å². The van der Waals surface area contributed by atoms with Crippen LogP contribution < -0.4 is 5.32 Å². The molecule has 21 heavy (non-hydrogen) atoms. The zero-order valence-corrected chi connectivity index (χ0v) is 13.9. The fourth-order valence-electron chi connectivity index (χ4n) is 2.36. The highest BCUT2D eigenvalue weighted by molar-refractivity contribution is 5.92. The van der Waals surface area contributed by atoms with Crippen LogP contribution in [0.1, 0.15) is 69.2 Å². The van der Waals surface area contributed by atoms with Gasteiger partial charge in [-0.25, -0.2) is 0 Å². The maximum atomic E-state index is 12.1. The van der Waals surface area contributed by atoms with Crippen molar-refractivity contribution in [3.63, 3.8) is 0 Å². The summed E-state index contributed by atoms with van der Waals surface area (Å²) in [5, 5.41) is 17.1. The highest BCUT2D eigenvalue weighted by Crippen LogP contribution is 2.18. The number of aryl methyl sites for hydroxylation is 1. The molecule has 0 aliphatic heterocycles. The Morgan fingerprint density at radius 2 is 1.95 bits per heavy atom. The molecule has 1 aromatic rings. The third-order valence-corrected chi connectivity index (χ3v) is 4.22. The minimum Gasteiger partial charge on any atom is -0.391 e. The lowest BCUT2D eigenvalue weighted by Crippen LogP contribution is -2.35. The largest absolute Gasteiger partial charge is 0.391 e. The molecule has 0 aliphatic carbocycles. The summed E-state index contributed by atoms with van der Waals surface area (Å²) < 4.78 is 1.93. The van der Waals surface area contributed by atoms with Gasteiger partial charge in [0, 0.05) is 12.2 Å². The number of nitrogens with one attached hydrogen (secondary N) is 1. The van der Waals surface area contributed by atoms with Gasteiger partial charge >= 0.3 is 0 Å². The van der Waals surface area contributed by atoms with Crippen LogP contribution in [-0.2, 0) is 0 Å². The van der Waals surface area contributed by atoms with Gasteiger partial charge in [-0.3, -0.25) is 9.48 Å². The van der Waals surface area contributed by atoms with Crippen molar-refractivity contribution in [3.05, 3.63) is 17.5 Å². The SMILES string of the molecule is CCC(C)C(O)CNC(=O)c1cc(C)n(C(CC)CC)n1. The fraction of sp³-hybridized carbons (Fsp3) is 0.750. The van der Waals surface area contributed by atoms with Crippen molar-refractivity contribution in [3.8, 4) is 0 Å². The van der Waals surface area contributed by atoms with Crippen molar-refractivity contribution in [1.82, 2.24) is 15.1 Å². The summed E-state index contributed by atoms with van der Waals surface area (Å²) >= 11 is 0. The molecule has 120 valence electrons. The van der Waals surface area contributed by atoms with Gasteiger partial charge in [0.1, 0.15) is 5.69 Å². The van der Waals surface area contributed by atoms with E-state index >= 15 is 0 Å². The highest BCUT2D eigenvalue weighted by atomic mass is 16.3. The van der Waals surface area contributed by atoms with Gasteiger partial charge in [0.25, 0.3) is 5.91 Å². The highest BCUT2D eigenvalue weighted by Gasteiger charge is 2.18. The third kappa shape index (κ3) is 4.56. The molecule has 1 heterocycles. The van der Waals surface area contributed by atoms with Crippen molar-refractivity contribution >= 4 is 5.91 Å². The summed E-state index contributed by atoms with van der Waals surface area (Å²) in [4.78, 5) is 12.1. The second-order valence-corrected chi connectivity index (χ2v) is 5.75. The Balaban J connectivity index is 2.69. The third-order valence-electron chi connectivity index (χ3n) is 4.22. The van der Waals surface area contributed by atoms with Gasteiger partial charge in [0.05, 0.1) is 12.1 Å². The summed E-state index contributed by atoms with van der Waals surface area (Å²) in [6.45, 7) is 10.5. The van der Waals surface area contributed by atoms with E-state index in [0.29, 0.717) is 11.7 Å². The molecule has 0 bridgehead atoms. The maximum absolute atomic E-state index is 12.1. The second-order valence-electron chi connectivity index (χ2n) is 5.75. The zero-order valence-electron chi connectivity index (χ0n) is 13.9. The van der Waals surface area contributed by atoms with Gasteiger partial charge in [-0.1, -0.05) is 34.1 Å². The van der Waals surface area contributed by atoms with Crippen molar-refractivity contribution in [2.75, 3.05) is 6.54 Å². The summed E-state index contributed by atoms with van der Waals surface area (Å²) in [6.07, 6.45) is 2.36. The predicted molar refractivity (Wildman–Crippen MR) is 84.4 cm³/mol. The molecule has 0 aliphatic rings. The Morgan fingerprint density at radius 1 is 1.33 bits per heavy atom. The molecule has 0 spiro atoms. The summed E-state index contributed by atoms with van der Waals surface area (Å²) in [6, 6.07) is 2.14. The normalized spacial score (nSPS) is 14.2. The number of aliphatic hydroxyl groups is 1. The average Bonchev–Trinajstić information content (AvgIpc) is 2.87. The summed E-state index contributed by atoms with van der Waals surface area (Å²) in [5.41, 5.74) is 1.42. The van der Waals surface area contributed by atoms with Crippen molar-refractivity contribution in [1.29, 1.82) is 0 Å². The summed E-state index contributed by atoms with van der Waals surface area (Å²) in [7, 11) is 0. The number of carbonyl (C=O) groups excluding carboxylic acids is 1. The van der Waals surface area contributed by atoms with Crippen LogP contribution in [-0.4, -0.2) is 33.4 Å². The van der Waals surface area contributed by atoms with Crippen LogP contribution in [0.3, 0.4) is 0 Å². The molecule has 1 aromatic heterocycles. The lowest BCUT2D eigenvalue weighted by atomic mass is 10.0. The van der Waals surface area contributed by atoms with Gasteiger partial charge in [-0.05, 0) is 31.7 Å². The minimum absolute atomic E-state index is 0.175. The molecule has 1 rings (SSSR count). The van der Waals surface area contributed by atoms with Crippen molar-refractivity contribution < 1.29 is 9.90 Å². The quantitative estimate of drug-likeness (QED) is 0.775. The van der Waals surface area contributed by atoms with E-state index in [1.165, 1.54) is 0 Å². The molecule has 1 amide bonds. The van der Waals surface area contributed by atoms with Crippen LogP contribution in [0.25, 0.3) is 0 Å². The topological polar surface area (TPSA) is 67.2 Å². The Kier molecular flexibility index (Phi) is 6.89. The summed E-state index contributed by atoms with van der Waals surface area (Å²) in [5.74, 6) is -0.0423. The molecule has 5 heteroatoms. The molecule has 5 nitrogen and oxygen atoms in total. The first-order chi connectivity index (χ1) is 9.94. The predicted octanol–water partition coefficient (Wildman–Crippen LogP) is 2.69. The van der Waals surface area contributed by atoms with Gasteiger partial charge in [0.2, 0.25) is 0 Å². The first-order valence-corrected chi connectivity index (χ1v) is 7.96. The number of rotatable bonds is 8.